The molecule has 1 fully saturated rings. The quantitative estimate of drug-likeness (QED) is 0.716. The highest BCUT2D eigenvalue weighted by molar-refractivity contribution is 7.89. The van der Waals surface area contributed by atoms with Crippen molar-refractivity contribution >= 4 is 21.7 Å². The maximum absolute atomic E-state index is 12.4. The number of anilines is 1. The largest absolute Gasteiger partial charge is 0.462 e. The molecule has 0 saturated carbocycles. The molecular formula is C16H24N2O5S. The van der Waals surface area contributed by atoms with Crippen LogP contribution < -0.4 is 4.90 Å². The van der Waals surface area contributed by atoms with Crippen LogP contribution in [0.2, 0.25) is 0 Å². The second-order valence-electron chi connectivity index (χ2n) is 5.70. The monoisotopic (exact) mass is 356 g/mol. The van der Waals surface area contributed by atoms with Crippen molar-refractivity contribution in [1.29, 1.82) is 0 Å². The van der Waals surface area contributed by atoms with Crippen LogP contribution in [0.15, 0.2) is 23.1 Å². The van der Waals surface area contributed by atoms with Crippen LogP contribution in [0.1, 0.15) is 23.7 Å². The Morgan fingerprint density at radius 3 is 2.54 bits per heavy atom. The highest BCUT2D eigenvalue weighted by atomic mass is 32.2. The van der Waals surface area contributed by atoms with Crippen molar-refractivity contribution < 1.29 is 22.7 Å². The summed E-state index contributed by atoms with van der Waals surface area (Å²) in [5.74, 6) is -0.505. The molecule has 0 aliphatic carbocycles. The summed E-state index contributed by atoms with van der Waals surface area (Å²) in [7, 11) is -0.701. The lowest BCUT2D eigenvalue weighted by Gasteiger charge is -2.30. The highest BCUT2D eigenvalue weighted by Crippen LogP contribution is 2.27. The normalized spacial score (nSPS) is 15.6. The first-order valence-corrected chi connectivity index (χ1v) is 9.38. The molecule has 0 amide bonds. The van der Waals surface area contributed by atoms with Crippen LogP contribution in [0, 0.1) is 0 Å². The second kappa shape index (κ2) is 7.96. The molecule has 1 aromatic carbocycles. The van der Waals surface area contributed by atoms with Gasteiger partial charge in [-0.25, -0.2) is 17.5 Å². The molecule has 0 spiro atoms. The minimum Gasteiger partial charge on any atom is -0.462 e. The minimum atomic E-state index is -3.62. The zero-order valence-electron chi connectivity index (χ0n) is 14.3. The molecule has 2 rings (SSSR count). The molecule has 0 aromatic heterocycles. The Morgan fingerprint density at radius 1 is 1.29 bits per heavy atom. The number of nitrogens with zero attached hydrogens (tertiary/aromatic N) is 2. The third-order valence-electron chi connectivity index (χ3n) is 3.76. The summed E-state index contributed by atoms with van der Waals surface area (Å²) >= 11 is 0. The van der Waals surface area contributed by atoms with Gasteiger partial charge in [0.15, 0.2) is 0 Å². The number of ether oxygens (including phenoxy) is 2. The van der Waals surface area contributed by atoms with Crippen molar-refractivity contribution in [3.8, 4) is 0 Å². The van der Waals surface area contributed by atoms with E-state index in [-0.39, 0.29) is 10.5 Å². The molecule has 1 aliphatic heterocycles. The maximum atomic E-state index is 12.4. The average molecular weight is 356 g/mol. The van der Waals surface area contributed by atoms with Crippen molar-refractivity contribution in [3.63, 3.8) is 0 Å². The van der Waals surface area contributed by atoms with E-state index in [0.717, 1.165) is 4.31 Å². The van der Waals surface area contributed by atoms with Crippen LogP contribution in [0.4, 0.5) is 5.69 Å². The molecular weight excluding hydrogens is 332 g/mol. The highest BCUT2D eigenvalue weighted by Gasteiger charge is 2.24. The summed E-state index contributed by atoms with van der Waals surface area (Å²) < 4.78 is 36.4. The molecule has 0 bridgehead atoms. The Hall–Kier alpha value is -1.64. The predicted molar refractivity (Wildman–Crippen MR) is 90.9 cm³/mol. The molecule has 8 heteroatoms. The Kier molecular flexibility index (Phi) is 6.20. The van der Waals surface area contributed by atoms with E-state index in [4.69, 9.17) is 9.47 Å². The molecule has 0 N–H and O–H groups in total. The first kappa shape index (κ1) is 18.7. The first-order valence-electron chi connectivity index (χ1n) is 7.94. The van der Waals surface area contributed by atoms with Gasteiger partial charge in [0.1, 0.15) is 0 Å². The lowest BCUT2D eigenvalue weighted by atomic mass is 10.1. The minimum absolute atomic E-state index is 0.0768. The Labute approximate surface area is 143 Å². The van der Waals surface area contributed by atoms with Gasteiger partial charge in [-0.3, -0.25) is 0 Å². The maximum Gasteiger partial charge on any atom is 0.340 e. The SMILES string of the molecule is CCCOC(=O)c1cc(S(=O)(=O)N(C)C)ccc1N1CCOCC1. The second-order valence-corrected chi connectivity index (χ2v) is 7.85. The lowest BCUT2D eigenvalue weighted by molar-refractivity contribution is 0.0504. The number of morpholine rings is 1. The van der Waals surface area contributed by atoms with Gasteiger partial charge in [0.05, 0.1) is 36.0 Å². The Bertz CT molecular complexity index is 682. The lowest BCUT2D eigenvalue weighted by Crippen LogP contribution is -2.37. The van der Waals surface area contributed by atoms with Crippen molar-refractivity contribution in [3.05, 3.63) is 23.8 Å². The molecule has 134 valence electrons. The summed E-state index contributed by atoms with van der Waals surface area (Å²) in [5, 5.41) is 0. The van der Waals surface area contributed by atoms with Gasteiger partial charge in [0, 0.05) is 27.2 Å². The number of sulfonamides is 1. The summed E-state index contributed by atoms with van der Waals surface area (Å²) in [6.07, 6.45) is 0.703. The predicted octanol–water partition coefficient (Wildman–Crippen LogP) is 1.34. The van der Waals surface area contributed by atoms with E-state index in [1.165, 1.54) is 26.2 Å². The molecule has 1 heterocycles. The summed E-state index contributed by atoms with van der Waals surface area (Å²) in [6, 6.07) is 4.60. The van der Waals surface area contributed by atoms with Crippen LogP contribution in [0.5, 0.6) is 0 Å². The number of carbonyl (C=O) groups is 1. The number of hydrogen-bond acceptors (Lipinski definition) is 6. The molecule has 0 atom stereocenters. The van der Waals surface area contributed by atoms with E-state index >= 15 is 0 Å². The van der Waals surface area contributed by atoms with E-state index in [1.807, 2.05) is 11.8 Å². The number of carbonyl (C=O) groups excluding carboxylic acids is 1. The third kappa shape index (κ3) is 4.06. The van der Waals surface area contributed by atoms with Gasteiger partial charge < -0.3 is 14.4 Å². The van der Waals surface area contributed by atoms with Crippen LogP contribution in [0.25, 0.3) is 0 Å². The van der Waals surface area contributed by atoms with Crippen LogP contribution in [-0.4, -0.2) is 65.7 Å². The van der Waals surface area contributed by atoms with Gasteiger partial charge >= 0.3 is 5.97 Å². The Morgan fingerprint density at radius 2 is 1.96 bits per heavy atom. The fraction of sp³-hybridized carbons (Fsp3) is 0.562. The topological polar surface area (TPSA) is 76.2 Å². The summed E-state index contributed by atoms with van der Waals surface area (Å²) in [5.41, 5.74) is 0.949. The molecule has 0 unspecified atom stereocenters. The zero-order valence-corrected chi connectivity index (χ0v) is 15.1. The van der Waals surface area contributed by atoms with Crippen LogP contribution >= 0.6 is 0 Å². The fourth-order valence-corrected chi connectivity index (χ4v) is 3.33. The molecule has 1 aliphatic rings. The van der Waals surface area contributed by atoms with E-state index in [9.17, 15) is 13.2 Å². The third-order valence-corrected chi connectivity index (χ3v) is 5.57. The van der Waals surface area contributed by atoms with Crippen molar-refractivity contribution in [2.45, 2.75) is 18.2 Å². The van der Waals surface area contributed by atoms with Gasteiger partial charge in [-0.15, -0.1) is 0 Å². The van der Waals surface area contributed by atoms with Crippen LogP contribution in [0.3, 0.4) is 0 Å². The fourth-order valence-electron chi connectivity index (χ4n) is 2.40. The molecule has 1 aromatic rings. The van der Waals surface area contributed by atoms with Gasteiger partial charge in [-0.2, -0.15) is 0 Å². The average Bonchev–Trinajstić information content (AvgIpc) is 2.59. The molecule has 24 heavy (non-hydrogen) atoms. The molecule has 1 saturated heterocycles. The summed E-state index contributed by atoms with van der Waals surface area (Å²) in [6.45, 7) is 4.64. The smallest absolute Gasteiger partial charge is 0.340 e. The Balaban J connectivity index is 2.45. The number of esters is 1. The van der Waals surface area contributed by atoms with E-state index in [1.54, 1.807) is 6.07 Å². The van der Waals surface area contributed by atoms with Gasteiger partial charge in [-0.1, -0.05) is 6.92 Å². The molecule has 7 nitrogen and oxygen atoms in total. The van der Waals surface area contributed by atoms with E-state index < -0.39 is 16.0 Å². The van der Waals surface area contributed by atoms with E-state index in [2.05, 4.69) is 0 Å². The van der Waals surface area contributed by atoms with Crippen molar-refractivity contribution in [2.24, 2.45) is 0 Å². The van der Waals surface area contributed by atoms with Crippen LogP contribution in [-0.2, 0) is 19.5 Å². The van der Waals surface area contributed by atoms with Gasteiger partial charge in [0.25, 0.3) is 0 Å². The van der Waals surface area contributed by atoms with Crippen molar-refractivity contribution in [2.75, 3.05) is 51.9 Å². The van der Waals surface area contributed by atoms with Crippen molar-refractivity contribution in [1.82, 2.24) is 4.31 Å². The number of hydrogen-bond donors (Lipinski definition) is 0. The molecule has 0 radical (unpaired) electrons. The summed E-state index contributed by atoms with van der Waals surface area (Å²) in [4.78, 5) is 14.5. The number of benzene rings is 1. The zero-order chi connectivity index (χ0) is 17.7. The van der Waals surface area contributed by atoms with Gasteiger partial charge in [0.2, 0.25) is 10.0 Å². The standard InChI is InChI=1S/C16H24N2O5S/c1-4-9-23-16(19)14-12-13(24(20,21)17(2)3)5-6-15(14)18-7-10-22-11-8-18/h5-6,12H,4,7-11H2,1-3H3. The number of rotatable bonds is 6. The first-order chi connectivity index (χ1) is 11.4. The van der Waals surface area contributed by atoms with E-state index in [0.29, 0.717) is 45.0 Å². The van der Waals surface area contributed by atoms with Gasteiger partial charge in [-0.05, 0) is 24.6 Å².